The lowest BCUT2D eigenvalue weighted by Crippen LogP contribution is -2.14. The molecule has 0 spiro atoms. The maximum atomic E-state index is 12.2. The molecule has 106 valence electrons. The SMILES string of the molecule is N#Cc1cccc(NC(=O)Cc2cccc3ccccc23)c1. The Kier molecular flexibility index (Phi) is 3.84. The van der Waals surface area contributed by atoms with E-state index in [9.17, 15) is 4.79 Å². The second-order valence-corrected chi connectivity index (χ2v) is 5.06. The summed E-state index contributed by atoms with van der Waals surface area (Å²) in [5.41, 5.74) is 2.17. The first-order chi connectivity index (χ1) is 10.8. The molecule has 1 amide bonds. The van der Waals surface area contributed by atoms with Gasteiger partial charge in [-0.25, -0.2) is 0 Å². The van der Waals surface area contributed by atoms with Crippen LogP contribution in [0.3, 0.4) is 0 Å². The minimum atomic E-state index is -0.0913. The first-order valence-corrected chi connectivity index (χ1v) is 7.03. The average Bonchev–Trinajstić information content (AvgIpc) is 2.55. The minimum Gasteiger partial charge on any atom is -0.326 e. The molecule has 0 aliphatic rings. The van der Waals surface area contributed by atoms with Crippen molar-refractivity contribution in [2.45, 2.75) is 6.42 Å². The molecule has 3 heteroatoms. The van der Waals surface area contributed by atoms with Crippen LogP contribution in [0.25, 0.3) is 10.8 Å². The Bertz CT molecular complexity index is 872. The first-order valence-electron chi connectivity index (χ1n) is 7.03. The van der Waals surface area contributed by atoms with E-state index in [0.717, 1.165) is 16.3 Å². The molecule has 0 atom stereocenters. The quantitative estimate of drug-likeness (QED) is 0.794. The van der Waals surface area contributed by atoms with Gasteiger partial charge in [-0.2, -0.15) is 5.26 Å². The van der Waals surface area contributed by atoms with Crippen LogP contribution in [0.2, 0.25) is 0 Å². The monoisotopic (exact) mass is 286 g/mol. The summed E-state index contributed by atoms with van der Waals surface area (Å²) >= 11 is 0. The van der Waals surface area contributed by atoms with Crippen LogP contribution in [0.4, 0.5) is 5.69 Å². The third-order valence-electron chi connectivity index (χ3n) is 3.51. The summed E-state index contributed by atoms with van der Waals surface area (Å²) < 4.78 is 0. The van der Waals surface area contributed by atoms with Gasteiger partial charge in [0.15, 0.2) is 0 Å². The van der Waals surface area contributed by atoms with Gasteiger partial charge in [0.25, 0.3) is 0 Å². The van der Waals surface area contributed by atoms with Crippen molar-refractivity contribution in [2.24, 2.45) is 0 Å². The Morgan fingerprint density at radius 1 is 1.00 bits per heavy atom. The molecular formula is C19H14N2O. The number of amides is 1. The number of rotatable bonds is 3. The van der Waals surface area contributed by atoms with Gasteiger partial charge < -0.3 is 5.32 Å². The molecule has 0 aromatic heterocycles. The second-order valence-electron chi connectivity index (χ2n) is 5.06. The molecule has 0 fully saturated rings. The van der Waals surface area contributed by atoms with Gasteiger partial charge in [0.05, 0.1) is 18.1 Å². The van der Waals surface area contributed by atoms with Crippen LogP contribution in [-0.4, -0.2) is 5.91 Å². The predicted molar refractivity (Wildman–Crippen MR) is 87.4 cm³/mol. The maximum absolute atomic E-state index is 12.2. The van der Waals surface area contributed by atoms with E-state index >= 15 is 0 Å². The number of anilines is 1. The number of carbonyl (C=O) groups excluding carboxylic acids is 1. The van der Waals surface area contributed by atoms with Crippen molar-refractivity contribution >= 4 is 22.4 Å². The Morgan fingerprint density at radius 2 is 1.77 bits per heavy atom. The summed E-state index contributed by atoms with van der Waals surface area (Å²) in [6.07, 6.45) is 0.304. The number of hydrogen-bond donors (Lipinski definition) is 1. The number of fused-ring (bicyclic) bond motifs is 1. The molecule has 0 aliphatic carbocycles. The summed E-state index contributed by atoms with van der Waals surface area (Å²) in [5.74, 6) is -0.0913. The summed E-state index contributed by atoms with van der Waals surface area (Å²) in [6.45, 7) is 0. The zero-order valence-corrected chi connectivity index (χ0v) is 11.9. The van der Waals surface area contributed by atoms with Gasteiger partial charge >= 0.3 is 0 Å². The Morgan fingerprint density at radius 3 is 2.64 bits per heavy atom. The van der Waals surface area contributed by atoms with Crippen molar-refractivity contribution in [1.29, 1.82) is 5.26 Å². The van der Waals surface area contributed by atoms with Crippen LogP contribution in [0, 0.1) is 11.3 Å². The molecule has 22 heavy (non-hydrogen) atoms. The average molecular weight is 286 g/mol. The molecule has 0 heterocycles. The van der Waals surface area contributed by atoms with E-state index in [2.05, 4.69) is 11.4 Å². The summed E-state index contributed by atoms with van der Waals surface area (Å²) in [6, 6.07) is 23.0. The highest BCUT2D eigenvalue weighted by Crippen LogP contribution is 2.19. The highest BCUT2D eigenvalue weighted by atomic mass is 16.1. The number of nitrogens with one attached hydrogen (secondary N) is 1. The third-order valence-corrected chi connectivity index (χ3v) is 3.51. The molecule has 0 radical (unpaired) electrons. The lowest BCUT2D eigenvalue weighted by molar-refractivity contribution is -0.115. The third kappa shape index (κ3) is 2.97. The minimum absolute atomic E-state index is 0.0913. The standard InChI is InChI=1S/C19H14N2O/c20-13-14-5-3-9-17(11-14)21-19(22)12-16-8-4-7-15-6-1-2-10-18(15)16/h1-11H,12H2,(H,21,22). The topological polar surface area (TPSA) is 52.9 Å². The first kappa shape index (κ1) is 13.8. The zero-order chi connectivity index (χ0) is 15.4. The van der Waals surface area contributed by atoms with E-state index in [1.807, 2.05) is 42.5 Å². The molecule has 0 saturated carbocycles. The number of nitriles is 1. The van der Waals surface area contributed by atoms with Gasteiger partial charge in [-0.3, -0.25) is 4.79 Å². The van der Waals surface area contributed by atoms with E-state index < -0.39 is 0 Å². The molecule has 3 rings (SSSR count). The smallest absolute Gasteiger partial charge is 0.228 e. The fourth-order valence-corrected chi connectivity index (χ4v) is 2.49. The number of hydrogen-bond acceptors (Lipinski definition) is 2. The molecule has 1 N–H and O–H groups in total. The van der Waals surface area contributed by atoms with Crippen LogP contribution >= 0.6 is 0 Å². The van der Waals surface area contributed by atoms with E-state index in [0.29, 0.717) is 17.7 Å². The van der Waals surface area contributed by atoms with E-state index in [-0.39, 0.29) is 5.91 Å². The molecule has 0 aliphatic heterocycles. The van der Waals surface area contributed by atoms with E-state index in [4.69, 9.17) is 5.26 Å². The predicted octanol–water partition coefficient (Wildman–Crippen LogP) is 3.89. The van der Waals surface area contributed by atoms with Gasteiger partial charge in [-0.1, -0.05) is 48.5 Å². The molecule has 3 aromatic carbocycles. The zero-order valence-electron chi connectivity index (χ0n) is 11.9. The molecule has 3 aromatic rings. The van der Waals surface area contributed by atoms with Crippen molar-refractivity contribution in [3.63, 3.8) is 0 Å². The van der Waals surface area contributed by atoms with Gasteiger partial charge in [0, 0.05) is 5.69 Å². The largest absolute Gasteiger partial charge is 0.326 e. The highest BCUT2D eigenvalue weighted by Gasteiger charge is 2.07. The maximum Gasteiger partial charge on any atom is 0.228 e. The Labute approximate surface area is 128 Å². The van der Waals surface area contributed by atoms with Gasteiger partial charge in [0.2, 0.25) is 5.91 Å². The van der Waals surface area contributed by atoms with Gasteiger partial charge in [-0.15, -0.1) is 0 Å². The Hall–Kier alpha value is -3.12. The second kappa shape index (κ2) is 6.11. The fourth-order valence-electron chi connectivity index (χ4n) is 2.49. The van der Waals surface area contributed by atoms with Gasteiger partial charge in [0.1, 0.15) is 0 Å². The van der Waals surface area contributed by atoms with Crippen LogP contribution in [0.1, 0.15) is 11.1 Å². The lowest BCUT2D eigenvalue weighted by Gasteiger charge is -2.08. The van der Waals surface area contributed by atoms with E-state index in [1.165, 1.54) is 0 Å². The van der Waals surface area contributed by atoms with Crippen LogP contribution in [0.5, 0.6) is 0 Å². The van der Waals surface area contributed by atoms with Crippen LogP contribution in [0.15, 0.2) is 66.7 Å². The number of benzene rings is 3. The number of carbonyl (C=O) groups is 1. The van der Waals surface area contributed by atoms with Crippen LogP contribution < -0.4 is 5.32 Å². The fraction of sp³-hybridized carbons (Fsp3) is 0.0526. The van der Waals surface area contributed by atoms with Crippen LogP contribution in [-0.2, 0) is 11.2 Å². The summed E-state index contributed by atoms with van der Waals surface area (Å²) in [7, 11) is 0. The molecular weight excluding hydrogens is 272 g/mol. The van der Waals surface area contributed by atoms with Crippen molar-refractivity contribution in [2.75, 3.05) is 5.32 Å². The Balaban J connectivity index is 1.80. The van der Waals surface area contributed by atoms with Crippen molar-refractivity contribution < 1.29 is 4.79 Å². The molecule has 0 saturated heterocycles. The van der Waals surface area contributed by atoms with Crippen molar-refractivity contribution in [3.8, 4) is 6.07 Å². The molecule has 3 nitrogen and oxygen atoms in total. The summed E-state index contributed by atoms with van der Waals surface area (Å²) in [5, 5.41) is 13.9. The molecule has 0 unspecified atom stereocenters. The van der Waals surface area contributed by atoms with Gasteiger partial charge in [-0.05, 0) is 34.5 Å². The highest BCUT2D eigenvalue weighted by molar-refractivity contribution is 5.96. The number of nitrogens with zero attached hydrogens (tertiary/aromatic N) is 1. The summed E-state index contributed by atoms with van der Waals surface area (Å²) in [4.78, 5) is 12.2. The van der Waals surface area contributed by atoms with Crippen molar-refractivity contribution in [1.82, 2.24) is 0 Å². The lowest BCUT2D eigenvalue weighted by atomic mass is 10.0. The normalized spacial score (nSPS) is 10.1. The van der Waals surface area contributed by atoms with E-state index in [1.54, 1.807) is 24.3 Å². The van der Waals surface area contributed by atoms with Crippen molar-refractivity contribution in [3.05, 3.63) is 77.9 Å². The molecule has 0 bridgehead atoms.